The maximum absolute atomic E-state index is 12.4. The van der Waals surface area contributed by atoms with E-state index in [0.29, 0.717) is 0 Å². The molecule has 0 radical (unpaired) electrons. The van der Waals surface area contributed by atoms with Gasteiger partial charge >= 0.3 is 0 Å². The fourth-order valence-corrected chi connectivity index (χ4v) is 3.25. The number of carbonyl (C=O) groups excluding carboxylic acids is 1. The van der Waals surface area contributed by atoms with Crippen LogP contribution < -0.4 is 5.32 Å². The molecule has 1 aromatic heterocycles. The normalized spacial score (nSPS) is 12.5. The summed E-state index contributed by atoms with van der Waals surface area (Å²) in [6.07, 6.45) is 5.15. The summed E-state index contributed by atoms with van der Waals surface area (Å²) in [5.74, 6) is -0.122. The van der Waals surface area contributed by atoms with Crippen LogP contribution in [0.25, 0.3) is 27.8 Å². The van der Waals surface area contributed by atoms with Crippen LogP contribution in [0.5, 0.6) is 0 Å². The second-order valence-corrected chi connectivity index (χ2v) is 6.59. The summed E-state index contributed by atoms with van der Waals surface area (Å²) in [6, 6.07) is 24.3. The zero-order valence-electron chi connectivity index (χ0n) is 15.1. The molecule has 0 bridgehead atoms. The summed E-state index contributed by atoms with van der Waals surface area (Å²) in [5, 5.41) is 6.46. The fourth-order valence-electron chi connectivity index (χ4n) is 3.25. The van der Waals surface area contributed by atoms with Gasteiger partial charge < -0.3 is 5.32 Å². The van der Waals surface area contributed by atoms with Crippen molar-refractivity contribution in [1.82, 2.24) is 10.3 Å². The third kappa shape index (κ3) is 3.72. The van der Waals surface area contributed by atoms with Gasteiger partial charge in [0.15, 0.2) is 0 Å². The van der Waals surface area contributed by atoms with Crippen molar-refractivity contribution < 1.29 is 4.79 Å². The van der Waals surface area contributed by atoms with Crippen LogP contribution in [-0.2, 0) is 4.79 Å². The number of nitrogens with zero attached hydrogens (tertiary/aromatic N) is 1. The number of fused-ring (bicyclic) bond motifs is 2. The molecule has 0 saturated carbocycles. The van der Waals surface area contributed by atoms with Crippen molar-refractivity contribution in [2.24, 2.45) is 0 Å². The number of pyridine rings is 1. The van der Waals surface area contributed by atoms with Gasteiger partial charge in [0.2, 0.25) is 5.91 Å². The molecule has 1 heterocycles. The van der Waals surface area contributed by atoms with Gasteiger partial charge in [-0.3, -0.25) is 9.78 Å². The Morgan fingerprint density at radius 1 is 0.926 bits per heavy atom. The van der Waals surface area contributed by atoms with E-state index in [9.17, 15) is 4.79 Å². The minimum absolute atomic E-state index is 0.0719. The molecule has 1 atom stereocenters. The standard InChI is InChI=1S/C24H20N2O/c1-17(21-12-11-18-6-2-3-7-22(18)16-21)26-23(27)14-13-20-9-4-8-19-10-5-15-25-24(19)20/h2-17H,1H3,(H,26,27)/b14-13+. The maximum Gasteiger partial charge on any atom is 0.244 e. The minimum Gasteiger partial charge on any atom is -0.346 e. The number of amides is 1. The average molecular weight is 352 g/mol. The molecule has 0 saturated heterocycles. The zero-order chi connectivity index (χ0) is 18.6. The number of carbonyl (C=O) groups is 1. The largest absolute Gasteiger partial charge is 0.346 e. The highest BCUT2D eigenvalue weighted by atomic mass is 16.1. The first-order chi connectivity index (χ1) is 13.2. The van der Waals surface area contributed by atoms with Gasteiger partial charge in [0.25, 0.3) is 0 Å². The summed E-state index contributed by atoms with van der Waals surface area (Å²) in [5.41, 5.74) is 2.91. The molecular formula is C24H20N2O. The Kier molecular flexibility index (Phi) is 4.67. The minimum atomic E-state index is -0.122. The van der Waals surface area contributed by atoms with Crippen LogP contribution in [0, 0.1) is 0 Å². The van der Waals surface area contributed by atoms with Crippen molar-refractivity contribution in [2.45, 2.75) is 13.0 Å². The van der Waals surface area contributed by atoms with E-state index < -0.39 is 0 Å². The fraction of sp³-hybridized carbons (Fsp3) is 0.0833. The monoisotopic (exact) mass is 352 g/mol. The Labute approximate surface area is 158 Å². The van der Waals surface area contributed by atoms with E-state index in [1.165, 1.54) is 10.8 Å². The Hall–Kier alpha value is -3.46. The topological polar surface area (TPSA) is 42.0 Å². The Morgan fingerprint density at radius 2 is 1.70 bits per heavy atom. The predicted molar refractivity (Wildman–Crippen MR) is 111 cm³/mol. The second kappa shape index (κ2) is 7.42. The van der Waals surface area contributed by atoms with Gasteiger partial charge in [-0.25, -0.2) is 0 Å². The molecule has 1 amide bonds. The van der Waals surface area contributed by atoms with Crippen LogP contribution in [0.4, 0.5) is 0 Å². The van der Waals surface area contributed by atoms with Crippen molar-refractivity contribution in [3.63, 3.8) is 0 Å². The molecule has 0 aliphatic rings. The summed E-state index contributed by atoms with van der Waals surface area (Å²) >= 11 is 0. The summed E-state index contributed by atoms with van der Waals surface area (Å²) < 4.78 is 0. The zero-order valence-corrected chi connectivity index (χ0v) is 15.1. The molecule has 0 aliphatic carbocycles. The highest BCUT2D eigenvalue weighted by Crippen LogP contribution is 2.20. The highest BCUT2D eigenvalue weighted by molar-refractivity contribution is 5.95. The molecule has 3 aromatic carbocycles. The van der Waals surface area contributed by atoms with E-state index >= 15 is 0 Å². The Morgan fingerprint density at radius 3 is 2.59 bits per heavy atom. The number of hydrogen-bond donors (Lipinski definition) is 1. The predicted octanol–water partition coefficient (Wildman–Crippen LogP) is 5.28. The first-order valence-electron chi connectivity index (χ1n) is 9.02. The van der Waals surface area contributed by atoms with E-state index in [-0.39, 0.29) is 11.9 Å². The van der Waals surface area contributed by atoms with E-state index in [1.807, 2.05) is 55.5 Å². The van der Waals surface area contributed by atoms with Crippen LogP contribution in [0.2, 0.25) is 0 Å². The maximum atomic E-state index is 12.4. The molecule has 4 aromatic rings. The molecule has 4 rings (SSSR count). The van der Waals surface area contributed by atoms with E-state index in [4.69, 9.17) is 0 Å². The molecular weight excluding hydrogens is 332 g/mol. The van der Waals surface area contributed by atoms with Crippen LogP contribution in [0.3, 0.4) is 0 Å². The van der Waals surface area contributed by atoms with Gasteiger partial charge in [-0.2, -0.15) is 0 Å². The van der Waals surface area contributed by atoms with E-state index in [0.717, 1.165) is 22.0 Å². The number of rotatable bonds is 4. The molecule has 3 heteroatoms. The van der Waals surface area contributed by atoms with Crippen LogP contribution >= 0.6 is 0 Å². The molecule has 3 nitrogen and oxygen atoms in total. The third-order valence-corrected chi connectivity index (χ3v) is 4.71. The number of hydrogen-bond acceptors (Lipinski definition) is 2. The highest BCUT2D eigenvalue weighted by Gasteiger charge is 2.08. The van der Waals surface area contributed by atoms with Gasteiger partial charge in [0.1, 0.15) is 0 Å². The summed E-state index contributed by atoms with van der Waals surface area (Å²) in [4.78, 5) is 16.8. The van der Waals surface area contributed by atoms with E-state index in [1.54, 1.807) is 12.3 Å². The lowest BCUT2D eigenvalue weighted by Crippen LogP contribution is -2.24. The Balaban J connectivity index is 1.50. The molecule has 27 heavy (non-hydrogen) atoms. The van der Waals surface area contributed by atoms with Crippen LogP contribution in [0.1, 0.15) is 24.1 Å². The SMILES string of the molecule is CC(NC(=O)/C=C/c1cccc2cccnc12)c1ccc2ccccc2c1. The van der Waals surface area contributed by atoms with Gasteiger partial charge in [0.05, 0.1) is 11.6 Å². The van der Waals surface area contributed by atoms with Crippen molar-refractivity contribution in [3.05, 3.63) is 96.2 Å². The molecule has 0 spiro atoms. The Bertz CT molecular complexity index is 1140. The van der Waals surface area contributed by atoms with Crippen molar-refractivity contribution in [1.29, 1.82) is 0 Å². The average Bonchev–Trinajstić information content (AvgIpc) is 2.71. The van der Waals surface area contributed by atoms with Gasteiger partial charge in [-0.05, 0) is 41.5 Å². The summed E-state index contributed by atoms with van der Waals surface area (Å²) in [6.45, 7) is 2.00. The molecule has 132 valence electrons. The lowest BCUT2D eigenvalue weighted by Gasteiger charge is -2.14. The van der Waals surface area contributed by atoms with Crippen LogP contribution in [0.15, 0.2) is 85.1 Å². The first kappa shape index (κ1) is 17.0. The third-order valence-electron chi connectivity index (χ3n) is 4.71. The summed E-state index contributed by atoms with van der Waals surface area (Å²) in [7, 11) is 0. The van der Waals surface area contributed by atoms with Crippen LogP contribution in [-0.4, -0.2) is 10.9 Å². The first-order valence-corrected chi connectivity index (χ1v) is 9.02. The van der Waals surface area contributed by atoms with Crippen molar-refractivity contribution >= 4 is 33.7 Å². The van der Waals surface area contributed by atoms with Gasteiger partial charge in [-0.1, -0.05) is 60.7 Å². The van der Waals surface area contributed by atoms with Gasteiger partial charge in [-0.15, -0.1) is 0 Å². The second-order valence-electron chi connectivity index (χ2n) is 6.59. The molecule has 0 fully saturated rings. The molecule has 1 N–H and O–H groups in total. The van der Waals surface area contributed by atoms with Crippen molar-refractivity contribution in [3.8, 4) is 0 Å². The van der Waals surface area contributed by atoms with E-state index in [2.05, 4.69) is 40.6 Å². The number of nitrogens with one attached hydrogen (secondary N) is 1. The smallest absolute Gasteiger partial charge is 0.244 e. The van der Waals surface area contributed by atoms with Crippen molar-refractivity contribution in [2.75, 3.05) is 0 Å². The number of aromatic nitrogens is 1. The lowest BCUT2D eigenvalue weighted by molar-refractivity contribution is -0.117. The number of benzene rings is 3. The number of para-hydroxylation sites is 1. The van der Waals surface area contributed by atoms with Gasteiger partial charge in [0, 0.05) is 23.2 Å². The molecule has 1 unspecified atom stereocenters. The quantitative estimate of drug-likeness (QED) is 0.508. The lowest BCUT2D eigenvalue weighted by atomic mass is 10.0. The molecule has 0 aliphatic heterocycles.